The molecule has 1 fully saturated rings. The van der Waals surface area contributed by atoms with Crippen LogP contribution in [0.25, 0.3) is 0 Å². The molecule has 0 atom stereocenters. The van der Waals surface area contributed by atoms with Crippen molar-refractivity contribution >= 4 is 5.91 Å². The van der Waals surface area contributed by atoms with Crippen LogP contribution in [0.1, 0.15) is 29.3 Å². The van der Waals surface area contributed by atoms with E-state index in [0.717, 1.165) is 12.8 Å². The smallest absolute Gasteiger partial charge is 0.290 e. The van der Waals surface area contributed by atoms with Gasteiger partial charge in [-0.25, -0.2) is 4.98 Å². The number of aromatic nitrogens is 3. The SMILES string of the molecule is Cc1nc(C(=O)NCC2(CO)CC2)n[nH]1. The number of nitrogens with one attached hydrogen (secondary N) is 2. The van der Waals surface area contributed by atoms with Crippen molar-refractivity contribution < 1.29 is 9.90 Å². The Balaban J connectivity index is 1.88. The van der Waals surface area contributed by atoms with Gasteiger partial charge in [-0.1, -0.05) is 0 Å². The van der Waals surface area contributed by atoms with Crippen LogP contribution in [0.15, 0.2) is 0 Å². The highest BCUT2D eigenvalue weighted by Crippen LogP contribution is 2.44. The first-order valence-electron chi connectivity index (χ1n) is 4.93. The van der Waals surface area contributed by atoms with Crippen LogP contribution in [0.5, 0.6) is 0 Å². The van der Waals surface area contributed by atoms with Crippen molar-refractivity contribution in [3.63, 3.8) is 0 Å². The monoisotopic (exact) mass is 210 g/mol. The van der Waals surface area contributed by atoms with Gasteiger partial charge in [0.1, 0.15) is 5.82 Å². The molecule has 6 heteroatoms. The number of amides is 1. The van der Waals surface area contributed by atoms with Gasteiger partial charge in [-0.15, -0.1) is 5.10 Å². The number of aliphatic hydroxyl groups excluding tert-OH is 1. The fourth-order valence-electron chi connectivity index (χ4n) is 1.36. The Morgan fingerprint density at radius 2 is 2.40 bits per heavy atom. The number of aliphatic hydroxyl groups is 1. The Bertz CT molecular complexity index is 370. The summed E-state index contributed by atoms with van der Waals surface area (Å²) in [5.41, 5.74) is -0.0823. The lowest BCUT2D eigenvalue weighted by Crippen LogP contribution is -2.32. The normalized spacial score (nSPS) is 17.5. The Kier molecular flexibility index (Phi) is 2.44. The molecule has 1 aromatic heterocycles. The van der Waals surface area contributed by atoms with Gasteiger partial charge in [-0.05, 0) is 19.8 Å². The van der Waals surface area contributed by atoms with Crippen molar-refractivity contribution in [1.82, 2.24) is 20.5 Å². The fourth-order valence-corrected chi connectivity index (χ4v) is 1.36. The van der Waals surface area contributed by atoms with E-state index in [1.807, 2.05) is 0 Å². The van der Waals surface area contributed by atoms with E-state index >= 15 is 0 Å². The number of rotatable bonds is 4. The molecule has 0 spiro atoms. The van der Waals surface area contributed by atoms with Crippen molar-refractivity contribution in [3.05, 3.63) is 11.6 Å². The average Bonchev–Trinajstić information content (AvgIpc) is 2.90. The lowest BCUT2D eigenvalue weighted by atomic mass is 10.1. The molecular weight excluding hydrogens is 196 g/mol. The van der Waals surface area contributed by atoms with E-state index in [4.69, 9.17) is 5.11 Å². The van der Waals surface area contributed by atoms with Crippen molar-refractivity contribution in [3.8, 4) is 0 Å². The fraction of sp³-hybridized carbons (Fsp3) is 0.667. The largest absolute Gasteiger partial charge is 0.396 e. The molecule has 0 unspecified atom stereocenters. The second-order valence-electron chi connectivity index (χ2n) is 4.09. The lowest BCUT2D eigenvalue weighted by molar-refractivity contribution is 0.0925. The minimum Gasteiger partial charge on any atom is -0.396 e. The minimum atomic E-state index is -0.293. The highest BCUT2D eigenvalue weighted by molar-refractivity contribution is 5.90. The molecule has 0 bridgehead atoms. The number of H-pyrrole nitrogens is 1. The Labute approximate surface area is 87.1 Å². The number of hydrogen-bond donors (Lipinski definition) is 3. The highest BCUT2D eigenvalue weighted by Gasteiger charge is 2.42. The second-order valence-corrected chi connectivity index (χ2v) is 4.09. The first kappa shape index (κ1) is 10.1. The first-order valence-corrected chi connectivity index (χ1v) is 4.93. The molecule has 1 saturated carbocycles. The van der Waals surface area contributed by atoms with E-state index in [2.05, 4.69) is 20.5 Å². The average molecular weight is 210 g/mol. The molecule has 6 nitrogen and oxygen atoms in total. The van der Waals surface area contributed by atoms with E-state index in [1.165, 1.54) is 0 Å². The molecule has 82 valence electrons. The number of aromatic amines is 1. The molecule has 15 heavy (non-hydrogen) atoms. The van der Waals surface area contributed by atoms with E-state index in [1.54, 1.807) is 6.92 Å². The quantitative estimate of drug-likeness (QED) is 0.631. The van der Waals surface area contributed by atoms with E-state index in [-0.39, 0.29) is 23.8 Å². The van der Waals surface area contributed by atoms with Gasteiger partial charge in [0.15, 0.2) is 0 Å². The number of hydrogen-bond acceptors (Lipinski definition) is 4. The maximum atomic E-state index is 11.5. The molecule has 0 aromatic carbocycles. The summed E-state index contributed by atoms with van der Waals surface area (Å²) in [4.78, 5) is 15.4. The van der Waals surface area contributed by atoms with Gasteiger partial charge in [0.25, 0.3) is 5.91 Å². The number of nitrogens with zero attached hydrogens (tertiary/aromatic N) is 2. The zero-order valence-electron chi connectivity index (χ0n) is 8.58. The third-order valence-electron chi connectivity index (χ3n) is 2.72. The van der Waals surface area contributed by atoms with Crippen molar-refractivity contribution in [2.24, 2.45) is 5.41 Å². The maximum absolute atomic E-state index is 11.5. The topological polar surface area (TPSA) is 90.9 Å². The van der Waals surface area contributed by atoms with Crippen molar-refractivity contribution in [2.75, 3.05) is 13.2 Å². The molecule has 0 aliphatic heterocycles. The maximum Gasteiger partial charge on any atom is 0.290 e. The van der Waals surface area contributed by atoms with Crippen LogP contribution < -0.4 is 5.32 Å². The van der Waals surface area contributed by atoms with Crippen LogP contribution in [-0.4, -0.2) is 39.3 Å². The van der Waals surface area contributed by atoms with Gasteiger partial charge >= 0.3 is 0 Å². The molecule has 1 aliphatic carbocycles. The summed E-state index contributed by atoms with van der Waals surface area (Å²) >= 11 is 0. The molecule has 1 aliphatic rings. The van der Waals surface area contributed by atoms with Gasteiger partial charge in [0, 0.05) is 12.0 Å². The first-order chi connectivity index (χ1) is 7.15. The minimum absolute atomic E-state index is 0.0823. The Hall–Kier alpha value is -1.43. The highest BCUT2D eigenvalue weighted by atomic mass is 16.3. The Morgan fingerprint density at radius 3 is 2.87 bits per heavy atom. The van der Waals surface area contributed by atoms with Crippen molar-refractivity contribution in [2.45, 2.75) is 19.8 Å². The molecular formula is C9H14N4O2. The van der Waals surface area contributed by atoms with Gasteiger partial charge < -0.3 is 10.4 Å². The predicted molar refractivity (Wildman–Crippen MR) is 52.2 cm³/mol. The van der Waals surface area contributed by atoms with Gasteiger partial charge in [-0.2, -0.15) is 0 Å². The zero-order chi connectivity index (χ0) is 10.9. The predicted octanol–water partition coefficient (Wildman–Crippen LogP) is -0.385. The molecule has 1 aromatic rings. The third kappa shape index (κ3) is 2.15. The van der Waals surface area contributed by atoms with Crippen LogP contribution in [-0.2, 0) is 0 Å². The second kappa shape index (κ2) is 3.62. The van der Waals surface area contributed by atoms with E-state index in [0.29, 0.717) is 12.4 Å². The molecule has 2 rings (SSSR count). The van der Waals surface area contributed by atoms with Gasteiger partial charge in [-0.3, -0.25) is 9.89 Å². The van der Waals surface area contributed by atoms with Crippen LogP contribution in [0, 0.1) is 12.3 Å². The number of carbonyl (C=O) groups is 1. The zero-order valence-corrected chi connectivity index (χ0v) is 8.58. The van der Waals surface area contributed by atoms with Crippen LogP contribution in [0.2, 0.25) is 0 Å². The number of carbonyl (C=O) groups excluding carboxylic acids is 1. The Morgan fingerprint density at radius 1 is 1.67 bits per heavy atom. The van der Waals surface area contributed by atoms with Crippen molar-refractivity contribution in [1.29, 1.82) is 0 Å². The van der Waals surface area contributed by atoms with Gasteiger partial charge in [0.2, 0.25) is 5.82 Å². The molecule has 1 amide bonds. The summed E-state index contributed by atoms with van der Waals surface area (Å²) in [5.74, 6) is 0.476. The summed E-state index contributed by atoms with van der Waals surface area (Å²) in [6, 6.07) is 0. The summed E-state index contributed by atoms with van der Waals surface area (Å²) in [5, 5.41) is 18.1. The standard InChI is InChI=1S/C9H14N4O2/c1-6-11-7(13-12-6)8(15)10-4-9(5-14)2-3-9/h14H,2-5H2,1H3,(H,10,15)(H,11,12,13). The summed E-state index contributed by atoms with van der Waals surface area (Å²) in [6.07, 6.45) is 1.94. The van der Waals surface area contributed by atoms with Crippen LogP contribution in [0.3, 0.4) is 0 Å². The summed E-state index contributed by atoms with van der Waals surface area (Å²) < 4.78 is 0. The van der Waals surface area contributed by atoms with Crippen LogP contribution >= 0.6 is 0 Å². The van der Waals surface area contributed by atoms with E-state index in [9.17, 15) is 4.79 Å². The third-order valence-corrected chi connectivity index (χ3v) is 2.72. The van der Waals surface area contributed by atoms with Crippen LogP contribution in [0.4, 0.5) is 0 Å². The molecule has 0 radical (unpaired) electrons. The van der Waals surface area contributed by atoms with Gasteiger partial charge in [0.05, 0.1) is 6.61 Å². The molecule has 3 N–H and O–H groups in total. The summed E-state index contributed by atoms with van der Waals surface area (Å²) in [6.45, 7) is 2.36. The number of aryl methyl sites for hydroxylation is 1. The molecule has 0 saturated heterocycles. The molecule has 1 heterocycles. The summed E-state index contributed by atoms with van der Waals surface area (Å²) in [7, 11) is 0. The lowest BCUT2D eigenvalue weighted by Gasteiger charge is -2.11. The van der Waals surface area contributed by atoms with E-state index < -0.39 is 0 Å².